The van der Waals surface area contributed by atoms with Gasteiger partial charge in [-0.05, 0) is 37.5 Å². The Labute approximate surface area is 154 Å². The van der Waals surface area contributed by atoms with E-state index in [-0.39, 0.29) is 5.91 Å². The third kappa shape index (κ3) is 3.90. The van der Waals surface area contributed by atoms with E-state index in [1.54, 1.807) is 0 Å². The Morgan fingerprint density at radius 2 is 2.00 bits per heavy atom. The highest BCUT2D eigenvalue weighted by Gasteiger charge is 2.28. The second kappa shape index (κ2) is 7.50. The monoisotopic (exact) mass is 354 g/mol. The minimum atomic E-state index is 0.0453. The van der Waals surface area contributed by atoms with Crippen LogP contribution in [0.2, 0.25) is 0 Å². The number of aromatic amines is 1. The van der Waals surface area contributed by atoms with Crippen molar-refractivity contribution in [1.82, 2.24) is 20.0 Å². The van der Waals surface area contributed by atoms with Crippen molar-refractivity contribution in [2.24, 2.45) is 0 Å². The first-order chi connectivity index (χ1) is 12.7. The van der Waals surface area contributed by atoms with Crippen molar-refractivity contribution in [1.29, 1.82) is 0 Å². The van der Waals surface area contributed by atoms with Crippen LogP contribution < -0.4 is 4.74 Å². The molecule has 1 saturated heterocycles. The molecule has 2 heterocycles. The Balaban J connectivity index is 1.22. The number of para-hydroxylation sites is 1. The number of hydrogen-bond acceptors (Lipinski definition) is 4. The minimum absolute atomic E-state index is 0.0453. The lowest BCUT2D eigenvalue weighted by Crippen LogP contribution is -2.49. The molecule has 6 nitrogen and oxygen atoms in total. The van der Waals surface area contributed by atoms with Crippen molar-refractivity contribution in [3.8, 4) is 5.75 Å². The molecule has 1 aliphatic carbocycles. The van der Waals surface area contributed by atoms with Crippen LogP contribution in [0.5, 0.6) is 5.75 Å². The van der Waals surface area contributed by atoms with Crippen molar-refractivity contribution >= 4 is 5.91 Å². The summed E-state index contributed by atoms with van der Waals surface area (Å²) in [5.41, 5.74) is 2.83. The topological polar surface area (TPSA) is 61.5 Å². The summed E-state index contributed by atoms with van der Waals surface area (Å²) in [5, 5.41) is 7.23. The van der Waals surface area contributed by atoms with Crippen LogP contribution in [0, 0.1) is 6.92 Å². The standard InChI is InChI=1S/C20H26N4O2/c1-15-4-2-3-5-19(15)26-13-12-23-8-10-24(11-9-23)20(25)18-14-17(21-22-18)16-6-7-16/h2-5,14,16H,6-13H2,1H3,(H,21,22). The molecule has 0 spiro atoms. The van der Waals surface area contributed by atoms with Crippen LogP contribution >= 0.6 is 0 Å². The predicted octanol–water partition coefficient (Wildman–Crippen LogP) is 2.43. The number of rotatable bonds is 6. The van der Waals surface area contributed by atoms with Gasteiger partial charge in [-0.1, -0.05) is 18.2 Å². The lowest BCUT2D eigenvalue weighted by Gasteiger charge is -2.34. The Bertz CT molecular complexity index is 761. The third-order valence-electron chi connectivity index (χ3n) is 5.25. The highest BCUT2D eigenvalue weighted by Crippen LogP contribution is 2.39. The maximum Gasteiger partial charge on any atom is 0.274 e. The van der Waals surface area contributed by atoms with E-state index < -0.39 is 0 Å². The second-order valence-electron chi connectivity index (χ2n) is 7.23. The van der Waals surface area contributed by atoms with Gasteiger partial charge in [0.1, 0.15) is 18.1 Å². The highest BCUT2D eigenvalue weighted by atomic mass is 16.5. The molecule has 0 atom stereocenters. The summed E-state index contributed by atoms with van der Waals surface area (Å²) in [4.78, 5) is 16.9. The van der Waals surface area contributed by atoms with E-state index in [0.717, 1.165) is 49.7 Å². The predicted molar refractivity (Wildman–Crippen MR) is 99.6 cm³/mol. The number of nitrogens with one attached hydrogen (secondary N) is 1. The van der Waals surface area contributed by atoms with Crippen molar-refractivity contribution in [2.75, 3.05) is 39.3 Å². The molecule has 2 aromatic rings. The molecule has 1 aliphatic heterocycles. The number of carbonyl (C=O) groups is 1. The van der Waals surface area contributed by atoms with E-state index in [2.05, 4.69) is 28.1 Å². The Kier molecular flexibility index (Phi) is 4.93. The van der Waals surface area contributed by atoms with Gasteiger partial charge in [-0.25, -0.2) is 0 Å². The van der Waals surface area contributed by atoms with Crippen molar-refractivity contribution in [3.63, 3.8) is 0 Å². The summed E-state index contributed by atoms with van der Waals surface area (Å²) < 4.78 is 5.88. The molecule has 2 aliphatic rings. The summed E-state index contributed by atoms with van der Waals surface area (Å²) in [6.07, 6.45) is 2.41. The zero-order valence-electron chi connectivity index (χ0n) is 15.3. The zero-order valence-corrected chi connectivity index (χ0v) is 15.3. The molecule has 1 N–H and O–H groups in total. The minimum Gasteiger partial charge on any atom is -0.492 e. The molecule has 26 heavy (non-hydrogen) atoms. The normalized spacial score (nSPS) is 18.1. The molecule has 4 rings (SSSR count). The Hall–Kier alpha value is -2.34. The fraction of sp³-hybridized carbons (Fsp3) is 0.500. The number of piperazine rings is 1. The van der Waals surface area contributed by atoms with Crippen LogP contribution in [0.3, 0.4) is 0 Å². The number of amides is 1. The molecular formula is C20H26N4O2. The molecule has 1 amide bonds. The van der Waals surface area contributed by atoms with E-state index in [9.17, 15) is 4.79 Å². The molecule has 0 bridgehead atoms. The van der Waals surface area contributed by atoms with Gasteiger partial charge in [-0.15, -0.1) is 0 Å². The average molecular weight is 354 g/mol. The fourth-order valence-corrected chi connectivity index (χ4v) is 3.39. The van der Waals surface area contributed by atoms with Gasteiger partial charge in [-0.2, -0.15) is 5.10 Å². The number of aryl methyl sites for hydroxylation is 1. The van der Waals surface area contributed by atoms with Crippen LogP contribution in [0.15, 0.2) is 30.3 Å². The van der Waals surface area contributed by atoms with Gasteiger partial charge in [0.15, 0.2) is 0 Å². The van der Waals surface area contributed by atoms with Gasteiger partial charge in [-0.3, -0.25) is 14.8 Å². The molecule has 0 radical (unpaired) electrons. The first kappa shape index (κ1) is 17.1. The summed E-state index contributed by atoms with van der Waals surface area (Å²) in [7, 11) is 0. The number of H-pyrrole nitrogens is 1. The largest absolute Gasteiger partial charge is 0.492 e. The number of benzene rings is 1. The molecule has 1 aromatic carbocycles. The molecule has 1 saturated carbocycles. The van der Waals surface area contributed by atoms with Crippen LogP contribution in [0.1, 0.15) is 40.5 Å². The first-order valence-electron chi connectivity index (χ1n) is 9.46. The number of hydrogen-bond donors (Lipinski definition) is 1. The summed E-state index contributed by atoms with van der Waals surface area (Å²) in [6, 6.07) is 10.0. The zero-order chi connectivity index (χ0) is 17.9. The third-order valence-corrected chi connectivity index (χ3v) is 5.25. The molecule has 6 heteroatoms. The van der Waals surface area contributed by atoms with E-state index in [1.165, 1.54) is 12.8 Å². The molecular weight excluding hydrogens is 328 g/mol. The van der Waals surface area contributed by atoms with Crippen molar-refractivity contribution in [2.45, 2.75) is 25.7 Å². The SMILES string of the molecule is Cc1ccccc1OCCN1CCN(C(=O)c2cc(C3CC3)[nH]n2)CC1. The number of nitrogens with zero attached hydrogens (tertiary/aromatic N) is 3. The van der Waals surface area contributed by atoms with Gasteiger partial charge in [0.2, 0.25) is 0 Å². The maximum absolute atomic E-state index is 12.6. The highest BCUT2D eigenvalue weighted by molar-refractivity contribution is 5.92. The average Bonchev–Trinajstić information content (AvgIpc) is 3.40. The molecule has 138 valence electrons. The quantitative estimate of drug-likeness (QED) is 0.865. The van der Waals surface area contributed by atoms with Gasteiger partial charge in [0, 0.05) is 44.3 Å². The van der Waals surface area contributed by atoms with Gasteiger partial charge in [0.25, 0.3) is 5.91 Å². The van der Waals surface area contributed by atoms with Crippen LogP contribution in [-0.2, 0) is 0 Å². The lowest BCUT2D eigenvalue weighted by molar-refractivity contribution is 0.0614. The first-order valence-corrected chi connectivity index (χ1v) is 9.46. The van der Waals surface area contributed by atoms with Gasteiger partial charge in [0.05, 0.1) is 0 Å². The number of carbonyl (C=O) groups excluding carboxylic acids is 1. The van der Waals surface area contributed by atoms with Crippen molar-refractivity contribution in [3.05, 3.63) is 47.3 Å². The number of ether oxygens (including phenoxy) is 1. The van der Waals surface area contributed by atoms with Crippen LogP contribution in [0.4, 0.5) is 0 Å². The smallest absolute Gasteiger partial charge is 0.274 e. The van der Waals surface area contributed by atoms with E-state index >= 15 is 0 Å². The number of aromatic nitrogens is 2. The maximum atomic E-state index is 12.6. The van der Waals surface area contributed by atoms with Crippen molar-refractivity contribution < 1.29 is 9.53 Å². The summed E-state index contributed by atoms with van der Waals surface area (Å²) >= 11 is 0. The summed E-state index contributed by atoms with van der Waals surface area (Å²) in [6.45, 7) is 6.85. The molecule has 0 unspecified atom stereocenters. The van der Waals surface area contributed by atoms with Crippen LogP contribution in [0.25, 0.3) is 0 Å². The molecule has 1 aromatic heterocycles. The van der Waals surface area contributed by atoms with E-state index in [4.69, 9.17) is 4.74 Å². The Morgan fingerprint density at radius 3 is 2.73 bits per heavy atom. The Morgan fingerprint density at radius 1 is 1.23 bits per heavy atom. The van der Waals surface area contributed by atoms with Crippen LogP contribution in [-0.4, -0.2) is 65.2 Å². The fourth-order valence-electron chi connectivity index (χ4n) is 3.39. The van der Waals surface area contributed by atoms with Gasteiger partial charge < -0.3 is 9.64 Å². The van der Waals surface area contributed by atoms with Gasteiger partial charge >= 0.3 is 0 Å². The van der Waals surface area contributed by atoms with E-state index in [0.29, 0.717) is 18.2 Å². The second-order valence-corrected chi connectivity index (χ2v) is 7.23. The summed E-state index contributed by atoms with van der Waals surface area (Å²) in [5.74, 6) is 1.59. The lowest BCUT2D eigenvalue weighted by atomic mass is 10.2. The van der Waals surface area contributed by atoms with E-state index in [1.807, 2.05) is 29.2 Å². The molecule has 2 fully saturated rings.